The van der Waals surface area contributed by atoms with Crippen LogP contribution < -0.4 is 9.47 Å². The normalized spacial score (nSPS) is 14.7. The predicted molar refractivity (Wildman–Crippen MR) is 131 cm³/mol. The smallest absolute Gasteiger partial charge is 0.293 e. The van der Waals surface area contributed by atoms with E-state index in [0.717, 1.165) is 22.2 Å². The molecule has 34 heavy (non-hydrogen) atoms. The van der Waals surface area contributed by atoms with Gasteiger partial charge < -0.3 is 9.47 Å². The zero-order valence-electron chi connectivity index (χ0n) is 18.3. The van der Waals surface area contributed by atoms with E-state index in [-0.39, 0.29) is 22.5 Å². The Morgan fingerprint density at radius 2 is 1.74 bits per heavy atom. The van der Waals surface area contributed by atoms with Crippen LogP contribution in [0.4, 0.5) is 9.18 Å². The molecule has 0 aromatic heterocycles. The van der Waals surface area contributed by atoms with E-state index in [9.17, 15) is 14.0 Å². The molecule has 8 heteroatoms. The molecule has 0 atom stereocenters. The fraction of sp³-hybridized carbons (Fsp3) is 0.154. The van der Waals surface area contributed by atoms with Crippen molar-refractivity contribution in [3.63, 3.8) is 0 Å². The number of carbonyl (C=O) groups is 2. The van der Waals surface area contributed by atoms with Gasteiger partial charge in [0.25, 0.3) is 11.1 Å². The quantitative estimate of drug-likeness (QED) is 0.324. The van der Waals surface area contributed by atoms with Crippen LogP contribution in [0.1, 0.15) is 23.6 Å². The Bertz CT molecular complexity index is 1230. The topological polar surface area (TPSA) is 55.8 Å². The molecule has 1 aliphatic rings. The molecule has 0 unspecified atom stereocenters. The van der Waals surface area contributed by atoms with Crippen LogP contribution in [0.2, 0.25) is 5.02 Å². The molecule has 1 aliphatic heterocycles. The van der Waals surface area contributed by atoms with Crippen molar-refractivity contribution in [3.05, 3.63) is 99.2 Å². The van der Waals surface area contributed by atoms with Crippen molar-refractivity contribution in [1.82, 2.24) is 4.90 Å². The molecule has 1 fully saturated rings. The molecule has 3 aromatic carbocycles. The van der Waals surface area contributed by atoms with Gasteiger partial charge in [-0.2, -0.15) is 0 Å². The van der Waals surface area contributed by atoms with E-state index < -0.39 is 5.91 Å². The van der Waals surface area contributed by atoms with Crippen LogP contribution in [0.15, 0.2) is 71.6 Å². The molecule has 2 amide bonds. The maximum atomic E-state index is 13.2. The number of rotatable bonds is 8. The van der Waals surface area contributed by atoms with E-state index in [0.29, 0.717) is 40.9 Å². The van der Waals surface area contributed by atoms with Crippen LogP contribution in [0, 0.1) is 5.82 Å². The van der Waals surface area contributed by atoms with Gasteiger partial charge in [-0.25, -0.2) is 4.39 Å². The number of thioether (sulfide) groups is 1. The van der Waals surface area contributed by atoms with Gasteiger partial charge in [-0.05, 0) is 65.7 Å². The number of benzene rings is 3. The minimum Gasteiger partial charge on any atom is -0.490 e. The lowest BCUT2D eigenvalue weighted by atomic mass is 10.1. The monoisotopic (exact) mass is 497 g/mol. The second kappa shape index (κ2) is 10.8. The Labute approximate surface area is 206 Å². The van der Waals surface area contributed by atoms with Crippen molar-refractivity contribution in [3.8, 4) is 11.5 Å². The maximum absolute atomic E-state index is 13.2. The van der Waals surface area contributed by atoms with Crippen molar-refractivity contribution < 1.29 is 23.5 Å². The Morgan fingerprint density at radius 3 is 2.44 bits per heavy atom. The van der Waals surface area contributed by atoms with E-state index in [1.165, 1.54) is 12.1 Å². The Balaban J connectivity index is 1.55. The van der Waals surface area contributed by atoms with E-state index in [4.69, 9.17) is 21.1 Å². The van der Waals surface area contributed by atoms with Crippen molar-refractivity contribution in [2.24, 2.45) is 0 Å². The summed E-state index contributed by atoms with van der Waals surface area (Å²) in [6, 6.07) is 18.8. The molecular formula is C26H21ClFNO4S. The molecule has 0 bridgehead atoms. The lowest BCUT2D eigenvalue weighted by molar-refractivity contribution is -0.123. The summed E-state index contributed by atoms with van der Waals surface area (Å²) in [5.74, 6) is 0.0606. The number of carbonyl (C=O) groups excluding carboxylic acids is 2. The van der Waals surface area contributed by atoms with E-state index in [1.54, 1.807) is 30.3 Å². The van der Waals surface area contributed by atoms with Gasteiger partial charge in [-0.15, -0.1) is 0 Å². The fourth-order valence-corrected chi connectivity index (χ4v) is 4.48. The first-order valence-corrected chi connectivity index (χ1v) is 11.8. The van der Waals surface area contributed by atoms with E-state index >= 15 is 0 Å². The van der Waals surface area contributed by atoms with Crippen LogP contribution in [0.5, 0.6) is 11.5 Å². The zero-order chi connectivity index (χ0) is 24.1. The van der Waals surface area contributed by atoms with Crippen molar-refractivity contribution >= 4 is 40.6 Å². The summed E-state index contributed by atoms with van der Waals surface area (Å²) in [6.07, 6.45) is 1.60. The van der Waals surface area contributed by atoms with Crippen LogP contribution in [-0.2, 0) is 17.9 Å². The third kappa shape index (κ3) is 5.61. The Kier molecular flexibility index (Phi) is 7.55. The summed E-state index contributed by atoms with van der Waals surface area (Å²) in [5.41, 5.74) is 2.25. The highest BCUT2D eigenvalue weighted by Gasteiger charge is 2.35. The average molecular weight is 498 g/mol. The van der Waals surface area contributed by atoms with Crippen LogP contribution in [0.25, 0.3) is 6.08 Å². The molecule has 174 valence electrons. The van der Waals surface area contributed by atoms with Gasteiger partial charge >= 0.3 is 0 Å². The van der Waals surface area contributed by atoms with E-state index in [2.05, 4.69) is 0 Å². The highest BCUT2D eigenvalue weighted by Crippen LogP contribution is 2.39. The van der Waals surface area contributed by atoms with E-state index in [1.807, 2.05) is 37.3 Å². The molecule has 0 N–H and O–H groups in total. The number of hydrogen-bond acceptors (Lipinski definition) is 5. The lowest BCUT2D eigenvalue weighted by Gasteiger charge is -2.15. The highest BCUT2D eigenvalue weighted by molar-refractivity contribution is 8.18. The zero-order valence-corrected chi connectivity index (χ0v) is 19.9. The molecule has 1 saturated heterocycles. The van der Waals surface area contributed by atoms with Crippen LogP contribution >= 0.6 is 23.4 Å². The average Bonchev–Trinajstić information content (AvgIpc) is 3.08. The van der Waals surface area contributed by atoms with Gasteiger partial charge in [0.15, 0.2) is 11.5 Å². The first-order chi connectivity index (χ1) is 16.4. The second-order valence-electron chi connectivity index (χ2n) is 7.43. The molecule has 4 rings (SSSR count). The highest BCUT2D eigenvalue weighted by atomic mass is 35.5. The van der Waals surface area contributed by atoms with Crippen molar-refractivity contribution in [2.75, 3.05) is 6.61 Å². The molecule has 0 saturated carbocycles. The summed E-state index contributed by atoms with van der Waals surface area (Å²) in [7, 11) is 0. The van der Waals surface area contributed by atoms with Crippen molar-refractivity contribution in [1.29, 1.82) is 0 Å². The molecule has 0 radical (unpaired) electrons. The van der Waals surface area contributed by atoms with Gasteiger partial charge in [0.1, 0.15) is 12.4 Å². The number of hydrogen-bond donors (Lipinski definition) is 0. The molecule has 1 heterocycles. The maximum Gasteiger partial charge on any atom is 0.293 e. The van der Waals surface area contributed by atoms with Gasteiger partial charge in [0.2, 0.25) is 0 Å². The summed E-state index contributed by atoms with van der Waals surface area (Å²) < 4.78 is 24.8. The molecule has 5 nitrogen and oxygen atoms in total. The summed E-state index contributed by atoms with van der Waals surface area (Å²) >= 11 is 7.35. The third-order valence-corrected chi connectivity index (χ3v) is 6.17. The molecule has 3 aromatic rings. The number of halogens is 2. The first-order valence-electron chi connectivity index (χ1n) is 10.6. The number of imide groups is 1. The largest absolute Gasteiger partial charge is 0.490 e. The third-order valence-electron chi connectivity index (χ3n) is 4.98. The summed E-state index contributed by atoms with van der Waals surface area (Å²) in [4.78, 5) is 26.7. The molecular weight excluding hydrogens is 477 g/mol. The number of nitrogens with zero attached hydrogens (tertiary/aromatic N) is 1. The van der Waals surface area contributed by atoms with Gasteiger partial charge in [0.05, 0.1) is 23.1 Å². The minimum absolute atomic E-state index is 0.0690. The van der Waals surface area contributed by atoms with Gasteiger partial charge in [0, 0.05) is 0 Å². The SMILES string of the molecule is CCOc1cc(/C=C2\SC(=O)N(Cc3ccc(F)cc3)C2=O)cc(Cl)c1OCc1ccccc1. The summed E-state index contributed by atoms with van der Waals surface area (Å²) in [6.45, 7) is 2.64. The fourth-order valence-electron chi connectivity index (χ4n) is 3.36. The number of ether oxygens (including phenoxy) is 2. The predicted octanol–water partition coefficient (Wildman–Crippen LogP) is 6.69. The second-order valence-corrected chi connectivity index (χ2v) is 8.83. The number of amides is 2. The lowest BCUT2D eigenvalue weighted by Crippen LogP contribution is -2.27. The Hall–Kier alpha value is -3.29. The van der Waals surface area contributed by atoms with Crippen LogP contribution in [-0.4, -0.2) is 22.7 Å². The van der Waals surface area contributed by atoms with Gasteiger partial charge in [-0.1, -0.05) is 54.1 Å². The Morgan fingerprint density at radius 1 is 1.00 bits per heavy atom. The first kappa shape index (κ1) is 23.9. The minimum atomic E-state index is -0.419. The van der Waals surface area contributed by atoms with Crippen molar-refractivity contribution in [2.45, 2.75) is 20.1 Å². The van der Waals surface area contributed by atoms with Crippen LogP contribution in [0.3, 0.4) is 0 Å². The van der Waals surface area contributed by atoms with Gasteiger partial charge in [-0.3, -0.25) is 14.5 Å². The molecule has 0 aliphatic carbocycles. The summed E-state index contributed by atoms with van der Waals surface area (Å²) in [5, 5.41) is -0.0572. The standard InChI is InChI=1S/C26H21ClFNO4S/c1-2-32-22-13-19(12-21(27)24(22)33-16-18-6-4-3-5-7-18)14-23-25(30)29(26(31)34-23)15-17-8-10-20(28)11-9-17/h3-14H,2,15-16H2,1H3/b23-14-. The molecule has 0 spiro atoms.